The van der Waals surface area contributed by atoms with Crippen molar-refractivity contribution in [1.29, 1.82) is 0 Å². The lowest BCUT2D eigenvalue weighted by atomic mass is 10.1. The molecule has 0 fully saturated rings. The zero-order chi connectivity index (χ0) is 12.4. The Morgan fingerprint density at radius 2 is 2.29 bits per heavy atom. The molecule has 0 atom stereocenters. The summed E-state index contributed by atoms with van der Waals surface area (Å²) in [5, 5.41) is 12.7. The monoisotopic (exact) mass is 235 g/mol. The van der Waals surface area contributed by atoms with E-state index in [-0.39, 0.29) is 23.6 Å². The molecule has 4 nitrogen and oxygen atoms in total. The molecule has 2 rings (SSSR count). The number of nitrogens with zero attached hydrogens (tertiary/aromatic N) is 1. The topological polar surface area (TPSA) is 63.3 Å². The van der Waals surface area contributed by atoms with Gasteiger partial charge in [-0.05, 0) is 24.6 Å². The maximum Gasteiger partial charge on any atom is 0.341 e. The van der Waals surface area contributed by atoms with E-state index in [1.807, 2.05) is 0 Å². The molecular formula is C12H10FNO3. The fraction of sp³-hybridized carbons (Fsp3) is 0.167. The number of carboxylic acid groups (broad SMARTS) is 1. The van der Waals surface area contributed by atoms with E-state index in [1.165, 1.54) is 19.1 Å². The molecule has 1 aromatic heterocycles. The first-order valence-electron chi connectivity index (χ1n) is 5.01. The molecule has 0 saturated carbocycles. The van der Waals surface area contributed by atoms with E-state index in [4.69, 9.17) is 9.63 Å². The minimum absolute atomic E-state index is 0.0502. The van der Waals surface area contributed by atoms with Crippen molar-refractivity contribution in [3.63, 3.8) is 0 Å². The predicted molar refractivity (Wildman–Crippen MR) is 57.4 cm³/mol. The van der Waals surface area contributed by atoms with Crippen molar-refractivity contribution in [3.05, 3.63) is 52.7 Å². The van der Waals surface area contributed by atoms with Gasteiger partial charge in [0.1, 0.15) is 22.8 Å². The molecule has 5 heteroatoms. The van der Waals surface area contributed by atoms with Crippen LogP contribution < -0.4 is 0 Å². The first-order valence-corrected chi connectivity index (χ1v) is 5.01. The predicted octanol–water partition coefficient (Wildman–Crippen LogP) is 2.41. The molecule has 0 radical (unpaired) electrons. The molecule has 0 aliphatic carbocycles. The van der Waals surface area contributed by atoms with Crippen molar-refractivity contribution >= 4 is 5.97 Å². The number of carboxylic acids is 1. The number of halogens is 1. The normalized spacial score (nSPS) is 10.5. The van der Waals surface area contributed by atoms with Gasteiger partial charge >= 0.3 is 5.97 Å². The smallest absolute Gasteiger partial charge is 0.341 e. The Morgan fingerprint density at radius 1 is 1.53 bits per heavy atom. The van der Waals surface area contributed by atoms with Gasteiger partial charge in [0, 0.05) is 6.42 Å². The minimum atomic E-state index is -1.09. The molecular weight excluding hydrogens is 225 g/mol. The number of benzene rings is 1. The van der Waals surface area contributed by atoms with Crippen molar-refractivity contribution in [2.45, 2.75) is 13.3 Å². The summed E-state index contributed by atoms with van der Waals surface area (Å²) in [7, 11) is 0. The summed E-state index contributed by atoms with van der Waals surface area (Å²) in [5.74, 6) is -1.20. The number of carbonyl (C=O) groups is 1. The summed E-state index contributed by atoms with van der Waals surface area (Å²) in [4.78, 5) is 11.0. The third-order valence-electron chi connectivity index (χ3n) is 2.41. The van der Waals surface area contributed by atoms with Crippen molar-refractivity contribution < 1.29 is 18.8 Å². The van der Waals surface area contributed by atoms with Crippen LogP contribution in [0.1, 0.15) is 27.4 Å². The second kappa shape index (κ2) is 4.37. The van der Waals surface area contributed by atoms with Crippen LogP contribution in [-0.4, -0.2) is 16.2 Å². The molecule has 0 aliphatic heterocycles. The molecule has 88 valence electrons. The van der Waals surface area contributed by atoms with Gasteiger partial charge in [-0.2, -0.15) is 0 Å². The van der Waals surface area contributed by atoms with Gasteiger partial charge < -0.3 is 9.63 Å². The first-order chi connectivity index (χ1) is 8.08. The molecule has 1 N–H and O–H groups in total. The Balaban J connectivity index is 2.33. The Kier molecular flexibility index (Phi) is 2.91. The second-order valence-corrected chi connectivity index (χ2v) is 3.67. The maximum absolute atomic E-state index is 13.0. The van der Waals surface area contributed by atoms with Crippen LogP contribution in [0.4, 0.5) is 4.39 Å². The summed E-state index contributed by atoms with van der Waals surface area (Å²) in [6.45, 7) is 1.53. The van der Waals surface area contributed by atoms with Gasteiger partial charge in [0.05, 0.1) is 0 Å². The van der Waals surface area contributed by atoms with Crippen molar-refractivity contribution in [2.24, 2.45) is 0 Å². The summed E-state index contributed by atoms with van der Waals surface area (Å²) < 4.78 is 17.8. The molecule has 1 aromatic carbocycles. The lowest BCUT2D eigenvalue weighted by Crippen LogP contribution is -2.02. The molecule has 0 spiro atoms. The molecule has 1 heterocycles. The van der Waals surface area contributed by atoms with Crippen LogP contribution in [-0.2, 0) is 6.42 Å². The third kappa shape index (κ3) is 2.33. The highest BCUT2D eigenvalue weighted by Crippen LogP contribution is 2.17. The van der Waals surface area contributed by atoms with Crippen LogP contribution >= 0.6 is 0 Å². The number of aromatic carboxylic acids is 1. The first kappa shape index (κ1) is 11.3. The Labute approximate surface area is 96.7 Å². The highest BCUT2D eigenvalue weighted by atomic mass is 19.1. The summed E-state index contributed by atoms with van der Waals surface area (Å²) in [6.07, 6.45) is 0.233. The molecule has 17 heavy (non-hydrogen) atoms. The zero-order valence-electron chi connectivity index (χ0n) is 9.11. The Hall–Kier alpha value is -2.17. The zero-order valence-corrected chi connectivity index (χ0v) is 9.11. The largest absolute Gasteiger partial charge is 0.477 e. The molecule has 0 bridgehead atoms. The van der Waals surface area contributed by atoms with Crippen LogP contribution in [0.3, 0.4) is 0 Å². The maximum atomic E-state index is 13.0. The van der Waals surface area contributed by atoms with Crippen LogP contribution in [0.15, 0.2) is 28.8 Å². The summed E-state index contributed by atoms with van der Waals surface area (Å²) in [5.41, 5.74) is 1.01. The Morgan fingerprint density at radius 3 is 2.94 bits per heavy atom. The second-order valence-electron chi connectivity index (χ2n) is 3.67. The molecule has 0 aliphatic rings. The number of aromatic nitrogens is 1. The molecule has 0 amide bonds. The number of hydrogen-bond donors (Lipinski definition) is 1. The van der Waals surface area contributed by atoms with E-state index >= 15 is 0 Å². The van der Waals surface area contributed by atoms with Gasteiger partial charge in [-0.25, -0.2) is 9.18 Å². The average molecular weight is 235 g/mol. The van der Waals surface area contributed by atoms with Gasteiger partial charge in [-0.1, -0.05) is 17.3 Å². The fourth-order valence-electron chi connectivity index (χ4n) is 1.65. The number of hydrogen-bond acceptors (Lipinski definition) is 3. The van der Waals surface area contributed by atoms with Gasteiger partial charge in [-0.15, -0.1) is 0 Å². The van der Waals surface area contributed by atoms with Crippen molar-refractivity contribution in [3.8, 4) is 0 Å². The molecule has 0 unspecified atom stereocenters. The van der Waals surface area contributed by atoms with E-state index in [9.17, 15) is 9.18 Å². The van der Waals surface area contributed by atoms with Gasteiger partial charge in [0.2, 0.25) is 0 Å². The summed E-state index contributed by atoms with van der Waals surface area (Å²) >= 11 is 0. The lowest BCUT2D eigenvalue weighted by Gasteiger charge is -1.99. The SMILES string of the molecule is Cc1onc(Cc2cccc(F)c2)c1C(=O)O. The van der Waals surface area contributed by atoms with E-state index in [0.29, 0.717) is 11.3 Å². The Bertz CT molecular complexity index is 563. The minimum Gasteiger partial charge on any atom is -0.477 e. The van der Waals surface area contributed by atoms with E-state index < -0.39 is 5.97 Å². The van der Waals surface area contributed by atoms with E-state index in [0.717, 1.165) is 0 Å². The van der Waals surface area contributed by atoms with Crippen LogP contribution in [0.2, 0.25) is 0 Å². The fourth-order valence-corrected chi connectivity index (χ4v) is 1.65. The molecule has 2 aromatic rings. The van der Waals surface area contributed by atoms with Crippen molar-refractivity contribution in [1.82, 2.24) is 5.16 Å². The van der Waals surface area contributed by atoms with Gasteiger partial charge in [-0.3, -0.25) is 0 Å². The highest BCUT2D eigenvalue weighted by Gasteiger charge is 2.19. The number of aryl methyl sites for hydroxylation is 1. The number of rotatable bonds is 3. The third-order valence-corrected chi connectivity index (χ3v) is 2.41. The quantitative estimate of drug-likeness (QED) is 0.887. The van der Waals surface area contributed by atoms with Gasteiger partial charge in [0.25, 0.3) is 0 Å². The van der Waals surface area contributed by atoms with Crippen LogP contribution in [0, 0.1) is 12.7 Å². The average Bonchev–Trinajstić information content (AvgIpc) is 2.59. The van der Waals surface area contributed by atoms with Gasteiger partial charge in [0.15, 0.2) is 0 Å². The standard InChI is InChI=1S/C12H10FNO3/c1-7-11(12(15)16)10(14-17-7)6-8-3-2-4-9(13)5-8/h2-5H,6H2,1H3,(H,15,16). The van der Waals surface area contributed by atoms with Crippen LogP contribution in [0.5, 0.6) is 0 Å². The van der Waals surface area contributed by atoms with E-state index in [1.54, 1.807) is 12.1 Å². The molecule has 0 saturated heterocycles. The lowest BCUT2D eigenvalue weighted by molar-refractivity contribution is 0.0694. The highest BCUT2D eigenvalue weighted by molar-refractivity contribution is 5.89. The summed E-state index contributed by atoms with van der Waals surface area (Å²) in [6, 6.07) is 5.95. The van der Waals surface area contributed by atoms with Crippen molar-refractivity contribution in [2.75, 3.05) is 0 Å². The van der Waals surface area contributed by atoms with E-state index in [2.05, 4.69) is 5.16 Å². The van der Waals surface area contributed by atoms with Crippen LogP contribution in [0.25, 0.3) is 0 Å².